The Labute approximate surface area is 92.5 Å². The highest BCUT2D eigenvalue weighted by Crippen LogP contribution is 2.02. The molecule has 1 rings (SSSR count). The van der Waals surface area contributed by atoms with E-state index in [1.165, 1.54) is 0 Å². The molecule has 0 fully saturated rings. The Balaban J connectivity index is 2.45. The second-order valence-electron chi connectivity index (χ2n) is 2.83. The van der Waals surface area contributed by atoms with E-state index >= 15 is 0 Å². The number of hydrazine groups is 1. The highest BCUT2D eigenvalue weighted by Gasteiger charge is 2.10. The van der Waals surface area contributed by atoms with Gasteiger partial charge in [0.2, 0.25) is 10.0 Å². The Hall–Kier alpha value is -1.80. The van der Waals surface area contributed by atoms with Crippen LogP contribution in [0.25, 0.3) is 0 Å². The van der Waals surface area contributed by atoms with E-state index in [9.17, 15) is 13.2 Å². The lowest BCUT2D eigenvalue weighted by atomic mass is 10.3. The van der Waals surface area contributed by atoms with Gasteiger partial charge in [0, 0.05) is 5.69 Å². The first-order valence-corrected chi connectivity index (χ1v) is 5.92. The molecule has 1 aromatic carbocycles. The van der Waals surface area contributed by atoms with Gasteiger partial charge in [0.25, 0.3) is 0 Å². The quantitative estimate of drug-likeness (QED) is 0.553. The van der Waals surface area contributed by atoms with E-state index in [2.05, 4.69) is 5.43 Å². The average Bonchev–Trinajstić information content (AvgIpc) is 2.26. The fraction of sp³-hybridized carbons (Fsp3) is 0.125. The summed E-state index contributed by atoms with van der Waals surface area (Å²) < 4.78 is 22.4. The highest BCUT2D eigenvalue weighted by molar-refractivity contribution is 7.89. The number of para-hydroxylation sites is 1. The van der Waals surface area contributed by atoms with Gasteiger partial charge in [-0.05, 0) is 12.1 Å². The first-order valence-electron chi connectivity index (χ1n) is 4.27. The zero-order valence-corrected chi connectivity index (χ0v) is 8.99. The van der Waals surface area contributed by atoms with Crippen molar-refractivity contribution in [1.29, 1.82) is 0 Å². The molecule has 0 saturated heterocycles. The lowest BCUT2D eigenvalue weighted by Crippen LogP contribution is -2.38. The van der Waals surface area contributed by atoms with Gasteiger partial charge < -0.3 is 15.8 Å². The molecule has 0 atom stereocenters. The number of carbonyl (C=O) groups is 1. The predicted octanol–water partition coefficient (Wildman–Crippen LogP) is 0.158. The van der Waals surface area contributed by atoms with Gasteiger partial charge in [0.05, 0.1) is 0 Å². The average molecular weight is 245 g/mol. The summed E-state index contributed by atoms with van der Waals surface area (Å²) in [5.41, 5.74) is 2.99. The third-order valence-electron chi connectivity index (χ3n) is 1.54. The van der Waals surface area contributed by atoms with Gasteiger partial charge in [-0.15, -0.1) is 4.83 Å². The van der Waals surface area contributed by atoms with Crippen LogP contribution in [0.2, 0.25) is 0 Å². The lowest BCUT2D eigenvalue weighted by molar-refractivity contribution is 0.196. The molecule has 0 aromatic heterocycles. The smallest absolute Gasteiger partial charge is 0.405 e. The summed E-state index contributed by atoms with van der Waals surface area (Å²) in [6, 6.07) is 8.56. The van der Waals surface area contributed by atoms with Crippen LogP contribution in [0.1, 0.15) is 0 Å². The second kappa shape index (κ2) is 5.33. The van der Waals surface area contributed by atoms with Crippen molar-refractivity contribution in [2.24, 2.45) is 0 Å². The Morgan fingerprint density at radius 3 is 2.44 bits per heavy atom. The lowest BCUT2D eigenvalue weighted by Gasteiger charge is -2.08. The van der Waals surface area contributed by atoms with Crippen molar-refractivity contribution in [2.45, 2.75) is 0 Å². The van der Waals surface area contributed by atoms with Crippen molar-refractivity contribution in [3.05, 3.63) is 30.3 Å². The minimum atomic E-state index is -3.73. The van der Waals surface area contributed by atoms with Gasteiger partial charge in [-0.3, -0.25) is 0 Å². The molecule has 0 radical (unpaired) electrons. The Bertz CT molecular complexity index is 446. The van der Waals surface area contributed by atoms with Gasteiger partial charge in [-0.2, -0.15) is 0 Å². The topological polar surface area (TPSA) is 108 Å². The molecule has 8 heteroatoms. The number of sulfonamides is 1. The van der Waals surface area contributed by atoms with E-state index < -0.39 is 22.0 Å². The van der Waals surface area contributed by atoms with Gasteiger partial charge in [0.15, 0.2) is 0 Å². The maximum atomic E-state index is 11.2. The van der Waals surface area contributed by atoms with Crippen LogP contribution in [0.4, 0.5) is 10.5 Å². The molecule has 0 bridgehead atoms. The number of hydrogen-bond acceptors (Lipinski definition) is 4. The highest BCUT2D eigenvalue weighted by atomic mass is 32.2. The van der Waals surface area contributed by atoms with Gasteiger partial charge in [0.1, 0.15) is 5.88 Å². The third-order valence-corrected chi connectivity index (χ3v) is 2.48. The number of anilines is 1. The van der Waals surface area contributed by atoms with E-state index in [0.717, 1.165) is 0 Å². The summed E-state index contributed by atoms with van der Waals surface area (Å²) in [4.78, 5) is 12.1. The molecule has 1 amide bonds. The monoisotopic (exact) mass is 245 g/mol. The van der Waals surface area contributed by atoms with Crippen LogP contribution >= 0.6 is 0 Å². The van der Waals surface area contributed by atoms with Crippen molar-refractivity contribution < 1.29 is 18.3 Å². The molecule has 7 nitrogen and oxygen atoms in total. The molecule has 0 aliphatic heterocycles. The Kier molecular flexibility index (Phi) is 4.09. The zero-order valence-electron chi connectivity index (χ0n) is 8.17. The van der Waals surface area contributed by atoms with E-state index in [4.69, 9.17) is 5.11 Å². The van der Waals surface area contributed by atoms with Crippen LogP contribution in [0, 0.1) is 0 Å². The number of benzene rings is 1. The molecule has 0 unspecified atom stereocenters. The molecular weight excluding hydrogens is 234 g/mol. The van der Waals surface area contributed by atoms with Crippen LogP contribution in [-0.2, 0) is 10.0 Å². The molecule has 0 aliphatic rings. The summed E-state index contributed by atoms with van der Waals surface area (Å²) in [5, 5.41) is 9.99. The molecule has 16 heavy (non-hydrogen) atoms. The van der Waals surface area contributed by atoms with Gasteiger partial charge >= 0.3 is 6.09 Å². The van der Waals surface area contributed by atoms with Crippen LogP contribution in [0.3, 0.4) is 0 Å². The largest absolute Gasteiger partial charge is 0.465 e. The van der Waals surface area contributed by atoms with Crippen molar-refractivity contribution in [1.82, 2.24) is 10.1 Å². The molecular formula is C8H11N3O4S. The molecule has 4 N–H and O–H groups in total. The maximum absolute atomic E-state index is 11.2. The normalized spacial score (nSPS) is 10.8. The van der Waals surface area contributed by atoms with E-state index in [-0.39, 0.29) is 0 Å². The van der Waals surface area contributed by atoms with Crippen molar-refractivity contribution in [2.75, 3.05) is 11.3 Å². The third kappa shape index (κ3) is 4.62. The Morgan fingerprint density at radius 1 is 1.25 bits per heavy atom. The van der Waals surface area contributed by atoms with E-state index in [1.807, 2.05) is 4.83 Å². The molecule has 0 aliphatic carbocycles. The molecule has 1 aromatic rings. The summed E-state index contributed by atoms with van der Waals surface area (Å²) in [5.74, 6) is -0.706. The van der Waals surface area contributed by atoms with Gasteiger partial charge in [-0.1, -0.05) is 18.2 Å². The van der Waals surface area contributed by atoms with Crippen LogP contribution < -0.4 is 15.6 Å². The van der Waals surface area contributed by atoms with Crippen molar-refractivity contribution in [3.8, 4) is 0 Å². The van der Waals surface area contributed by atoms with Crippen molar-refractivity contribution >= 4 is 21.8 Å². The fourth-order valence-electron chi connectivity index (χ4n) is 0.851. The minimum Gasteiger partial charge on any atom is -0.465 e. The number of amides is 1. The van der Waals surface area contributed by atoms with Crippen LogP contribution in [0.15, 0.2) is 30.3 Å². The first kappa shape index (κ1) is 12.3. The zero-order chi connectivity index (χ0) is 12.0. The number of nitrogens with one attached hydrogen (secondary N) is 3. The fourth-order valence-corrected chi connectivity index (χ4v) is 1.51. The summed E-state index contributed by atoms with van der Waals surface area (Å²) in [6.45, 7) is 0. The molecule has 88 valence electrons. The van der Waals surface area contributed by atoms with Crippen LogP contribution in [0.5, 0.6) is 0 Å². The van der Waals surface area contributed by atoms with Crippen molar-refractivity contribution in [3.63, 3.8) is 0 Å². The number of carboxylic acid groups (broad SMARTS) is 1. The maximum Gasteiger partial charge on any atom is 0.405 e. The van der Waals surface area contributed by atoms with Crippen LogP contribution in [-0.4, -0.2) is 25.5 Å². The van der Waals surface area contributed by atoms with E-state index in [0.29, 0.717) is 5.69 Å². The number of hydrogen-bond donors (Lipinski definition) is 4. The second-order valence-corrected chi connectivity index (χ2v) is 4.56. The van der Waals surface area contributed by atoms with Gasteiger partial charge in [-0.25, -0.2) is 13.2 Å². The standard InChI is InChI=1S/C8H11N3O4S/c12-8(13)9-6-16(14,15)11-10-7-4-2-1-3-5-7/h1-5,9-11H,6H2,(H,12,13). The first-order chi connectivity index (χ1) is 7.49. The molecule has 0 heterocycles. The predicted molar refractivity (Wildman–Crippen MR) is 58.1 cm³/mol. The Morgan fingerprint density at radius 2 is 1.88 bits per heavy atom. The molecule has 0 saturated carbocycles. The SMILES string of the molecule is O=C(O)NCS(=O)(=O)NNc1ccccc1. The molecule has 0 spiro atoms. The van der Waals surface area contributed by atoms with E-state index in [1.54, 1.807) is 35.6 Å². The summed E-state index contributed by atoms with van der Waals surface area (Å²) in [7, 11) is -3.73. The number of rotatable bonds is 5. The minimum absolute atomic E-state index is 0.557. The summed E-state index contributed by atoms with van der Waals surface area (Å²) >= 11 is 0. The summed E-state index contributed by atoms with van der Waals surface area (Å²) in [6.07, 6.45) is -1.40.